The summed E-state index contributed by atoms with van der Waals surface area (Å²) >= 11 is 0. The molecule has 1 saturated carbocycles. The van der Waals surface area contributed by atoms with E-state index in [1.165, 1.54) is 6.92 Å². The van der Waals surface area contributed by atoms with Gasteiger partial charge in [-0.1, -0.05) is 35.5 Å². The van der Waals surface area contributed by atoms with Crippen molar-refractivity contribution in [1.29, 1.82) is 0 Å². The molecule has 2 N–H and O–H groups in total. The fourth-order valence-electron chi connectivity index (χ4n) is 4.81. The van der Waals surface area contributed by atoms with Gasteiger partial charge in [0.2, 0.25) is 11.8 Å². The Morgan fingerprint density at radius 2 is 1.97 bits per heavy atom. The van der Waals surface area contributed by atoms with Crippen molar-refractivity contribution < 1.29 is 19.2 Å². The lowest BCUT2D eigenvalue weighted by atomic mass is 9.87. The molecule has 1 atom stereocenters. The van der Waals surface area contributed by atoms with E-state index in [0.717, 1.165) is 30.5 Å². The molecule has 2 fully saturated rings. The predicted octanol–water partition coefficient (Wildman–Crippen LogP) is 2.68. The molecule has 2 aliphatic rings. The highest BCUT2D eigenvalue weighted by molar-refractivity contribution is 5.92. The van der Waals surface area contributed by atoms with Gasteiger partial charge in [-0.2, -0.15) is 0 Å². The van der Waals surface area contributed by atoms with Crippen LogP contribution in [0.3, 0.4) is 0 Å². The van der Waals surface area contributed by atoms with Crippen molar-refractivity contribution >= 4 is 11.8 Å². The fraction of sp³-hybridized carbons (Fsp3) is 0.522. The number of likely N-dealkylation sites (tertiary alicyclic amines) is 1. The minimum atomic E-state index is -0.963. The highest BCUT2D eigenvalue weighted by Crippen LogP contribution is 2.35. The normalized spacial score (nSPS) is 26.5. The third kappa shape index (κ3) is 4.12. The summed E-state index contributed by atoms with van der Waals surface area (Å²) in [5, 5.41) is 17.1. The van der Waals surface area contributed by atoms with Crippen LogP contribution in [0.4, 0.5) is 0 Å². The first-order valence-electron chi connectivity index (χ1n) is 10.8. The van der Waals surface area contributed by atoms with E-state index < -0.39 is 5.54 Å². The lowest BCUT2D eigenvalue weighted by molar-refractivity contribution is -0.144. The summed E-state index contributed by atoms with van der Waals surface area (Å²) in [6.07, 6.45) is 4.28. The van der Waals surface area contributed by atoms with Crippen LogP contribution in [0.2, 0.25) is 0 Å². The van der Waals surface area contributed by atoms with Crippen molar-refractivity contribution in [1.82, 2.24) is 15.4 Å². The number of aromatic nitrogens is 1. The zero-order valence-corrected chi connectivity index (χ0v) is 17.3. The van der Waals surface area contributed by atoms with Gasteiger partial charge in [-0.25, -0.2) is 0 Å². The summed E-state index contributed by atoms with van der Waals surface area (Å²) in [4.78, 5) is 27.6. The van der Waals surface area contributed by atoms with Gasteiger partial charge in [-0.3, -0.25) is 9.59 Å². The fourth-order valence-corrected chi connectivity index (χ4v) is 4.81. The molecule has 30 heavy (non-hydrogen) atoms. The first-order chi connectivity index (χ1) is 14.5. The minimum absolute atomic E-state index is 0.0294. The topological polar surface area (TPSA) is 95.7 Å². The number of rotatable bonds is 5. The molecule has 0 unspecified atom stereocenters. The molecule has 1 aromatic carbocycles. The molecular weight excluding hydrogens is 382 g/mol. The summed E-state index contributed by atoms with van der Waals surface area (Å²) in [5.74, 6) is 0.356. The largest absolute Gasteiger partial charge is 0.393 e. The highest BCUT2D eigenvalue weighted by Gasteiger charge is 2.50. The summed E-state index contributed by atoms with van der Waals surface area (Å²) in [7, 11) is 0. The Morgan fingerprint density at radius 1 is 1.23 bits per heavy atom. The van der Waals surface area contributed by atoms with Crippen molar-refractivity contribution in [3.05, 3.63) is 42.2 Å². The van der Waals surface area contributed by atoms with Gasteiger partial charge in [0.25, 0.3) is 0 Å². The van der Waals surface area contributed by atoms with Crippen LogP contribution in [0.15, 0.2) is 40.9 Å². The van der Waals surface area contributed by atoms with E-state index >= 15 is 0 Å². The molecule has 0 radical (unpaired) electrons. The second kappa shape index (κ2) is 8.60. The SMILES string of the molecule is CC(=O)N1CCC[C@@]1(Cc1cc(-c2ccccc2)no1)C(=O)NC1CCC(O)CC1. The van der Waals surface area contributed by atoms with Gasteiger partial charge in [-0.05, 0) is 38.5 Å². The number of carbonyl (C=O) groups is 2. The van der Waals surface area contributed by atoms with Gasteiger partial charge in [-0.15, -0.1) is 0 Å². The molecule has 1 aromatic heterocycles. The van der Waals surface area contributed by atoms with E-state index in [4.69, 9.17) is 4.52 Å². The zero-order chi connectivity index (χ0) is 21.1. The Bertz CT molecular complexity index is 889. The van der Waals surface area contributed by atoms with Gasteiger partial charge in [0, 0.05) is 37.6 Å². The van der Waals surface area contributed by atoms with E-state index in [1.807, 2.05) is 36.4 Å². The van der Waals surface area contributed by atoms with E-state index in [-0.39, 0.29) is 24.0 Å². The Balaban J connectivity index is 1.56. The molecule has 2 amide bonds. The first kappa shape index (κ1) is 20.6. The molecule has 160 valence electrons. The summed E-state index contributed by atoms with van der Waals surface area (Å²) in [5.41, 5.74) is 0.700. The van der Waals surface area contributed by atoms with E-state index in [9.17, 15) is 14.7 Å². The molecule has 2 aromatic rings. The molecule has 1 saturated heterocycles. The van der Waals surface area contributed by atoms with Crippen LogP contribution in [-0.2, 0) is 16.0 Å². The molecule has 4 rings (SSSR count). The van der Waals surface area contributed by atoms with Crippen LogP contribution in [-0.4, -0.2) is 51.2 Å². The Morgan fingerprint density at radius 3 is 2.67 bits per heavy atom. The molecule has 2 heterocycles. The average molecular weight is 412 g/mol. The average Bonchev–Trinajstić information content (AvgIpc) is 3.39. The summed E-state index contributed by atoms with van der Waals surface area (Å²) in [6, 6.07) is 11.6. The third-order valence-corrected chi connectivity index (χ3v) is 6.42. The van der Waals surface area contributed by atoms with Gasteiger partial charge >= 0.3 is 0 Å². The smallest absolute Gasteiger partial charge is 0.246 e. The van der Waals surface area contributed by atoms with Crippen LogP contribution in [0.1, 0.15) is 51.2 Å². The number of nitrogens with one attached hydrogen (secondary N) is 1. The maximum Gasteiger partial charge on any atom is 0.246 e. The Labute approximate surface area is 176 Å². The van der Waals surface area contributed by atoms with Gasteiger partial charge < -0.3 is 19.8 Å². The van der Waals surface area contributed by atoms with E-state index in [2.05, 4.69) is 10.5 Å². The van der Waals surface area contributed by atoms with Crippen LogP contribution < -0.4 is 5.32 Å². The lowest BCUT2D eigenvalue weighted by Crippen LogP contribution is -2.60. The molecule has 1 aliphatic heterocycles. The van der Waals surface area contributed by atoms with Crippen molar-refractivity contribution in [3.63, 3.8) is 0 Å². The van der Waals surface area contributed by atoms with Crippen LogP contribution in [0, 0.1) is 0 Å². The molecule has 1 aliphatic carbocycles. The van der Waals surface area contributed by atoms with Crippen LogP contribution in [0.5, 0.6) is 0 Å². The Hall–Kier alpha value is -2.67. The highest BCUT2D eigenvalue weighted by atomic mass is 16.5. The number of aliphatic hydroxyl groups is 1. The van der Waals surface area contributed by atoms with Crippen LogP contribution >= 0.6 is 0 Å². The predicted molar refractivity (Wildman–Crippen MR) is 111 cm³/mol. The van der Waals surface area contributed by atoms with Crippen molar-refractivity contribution in [3.8, 4) is 11.3 Å². The second-order valence-electron chi connectivity index (χ2n) is 8.51. The quantitative estimate of drug-likeness (QED) is 0.789. The van der Waals surface area contributed by atoms with Gasteiger partial charge in [0.1, 0.15) is 17.0 Å². The summed E-state index contributed by atoms with van der Waals surface area (Å²) < 4.78 is 5.59. The van der Waals surface area contributed by atoms with E-state index in [0.29, 0.717) is 38.0 Å². The van der Waals surface area contributed by atoms with Crippen molar-refractivity contribution in [2.75, 3.05) is 6.54 Å². The standard InChI is InChI=1S/C23H29N3O4/c1-16(27)26-13-5-12-23(26,22(29)24-18-8-10-19(28)11-9-18)15-20-14-21(25-30-20)17-6-3-2-4-7-17/h2-4,6-7,14,18-19,28H,5,8-13,15H2,1H3,(H,24,29)/t18?,19?,23-/m1/s1. The van der Waals surface area contributed by atoms with Crippen molar-refractivity contribution in [2.45, 2.75) is 69.6 Å². The molecule has 7 nitrogen and oxygen atoms in total. The molecule has 0 spiro atoms. The number of amides is 2. The molecule has 0 bridgehead atoms. The number of hydrogen-bond acceptors (Lipinski definition) is 5. The first-order valence-corrected chi connectivity index (χ1v) is 10.8. The zero-order valence-electron chi connectivity index (χ0n) is 17.3. The summed E-state index contributed by atoms with van der Waals surface area (Å²) in [6.45, 7) is 2.08. The molecular formula is C23H29N3O4. The number of hydrogen-bond donors (Lipinski definition) is 2. The number of carbonyl (C=O) groups excluding carboxylic acids is 2. The monoisotopic (exact) mass is 411 g/mol. The third-order valence-electron chi connectivity index (χ3n) is 6.42. The minimum Gasteiger partial charge on any atom is -0.393 e. The van der Waals surface area contributed by atoms with Gasteiger partial charge in [0.15, 0.2) is 0 Å². The maximum absolute atomic E-state index is 13.5. The van der Waals surface area contributed by atoms with Gasteiger partial charge in [0.05, 0.1) is 6.10 Å². The van der Waals surface area contributed by atoms with Crippen molar-refractivity contribution in [2.24, 2.45) is 0 Å². The Kier molecular flexibility index (Phi) is 5.90. The number of nitrogens with zero attached hydrogens (tertiary/aromatic N) is 2. The number of benzene rings is 1. The lowest BCUT2D eigenvalue weighted by Gasteiger charge is -2.38. The van der Waals surface area contributed by atoms with Crippen LogP contribution in [0.25, 0.3) is 11.3 Å². The number of aliphatic hydroxyl groups excluding tert-OH is 1. The maximum atomic E-state index is 13.5. The second-order valence-corrected chi connectivity index (χ2v) is 8.51. The molecule has 7 heteroatoms. The van der Waals surface area contributed by atoms with E-state index in [1.54, 1.807) is 4.90 Å².